The van der Waals surface area contributed by atoms with Gasteiger partial charge in [0, 0.05) is 8.95 Å². The molecule has 1 aliphatic rings. The van der Waals surface area contributed by atoms with Crippen LogP contribution in [0.3, 0.4) is 0 Å². The first kappa shape index (κ1) is 11.7. The summed E-state index contributed by atoms with van der Waals surface area (Å²) in [6.07, 6.45) is 4.23. The molecule has 15 heavy (non-hydrogen) atoms. The van der Waals surface area contributed by atoms with Crippen molar-refractivity contribution in [2.45, 2.75) is 35.9 Å². The number of ether oxygens (including phenoxy) is 1. The van der Waals surface area contributed by atoms with Crippen LogP contribution in [0.2, 0.25) is 5.02 Å². The molecule has 0 spiro atoms. The molecule has 0 bridgehead atoms. The molecule has 3 heteroatoms. The van der Waals surface area contributed by atoms with E-state index in [1.165, 1.54) is 19.3 Å². The summed E-state index contributed by atoms with van der Waals surface area (Å²) in [5.41, 5.74) is 1.16. The smallest absolute Gasteiger partial charge is 0.0721 e. The Balaban J connectivity index is 1.87. The molecule has 0 aliphatic heterocycles. The van der Waals surface area contributed by atoms with E-state index in [4.69, 9.17) is 16.3 Å². The van der Waals surface area contributed by atoms with Gasteiger partial charge in [-0.1, -0.05) is 46.3 Å². The van der Waals surface area contributed by atoms with E-state index in [0.29, 0.717) is 16.6 Å². The van der Waals surface area contributed by atoms with Gasteiger partial charge in [-0.05, 0) is 37.0 Å². The Bertz CT molecular complexity index is 329. The van der Waals surface area contributed by atoms with Crippen molar-refractivity contribution in [3.05, 3.63) is 34.9 Å². The average molecular weight is 337 g/mol. The van der Waals surface area contributed by atoms with Gasteiger partial charge in [0.25, 0.3) is 0 Å². The van der Waals surface area contributed by atoms with Gasteiger partial charge in [0.15, 0.2) is 0 Å². The summed E-state index contributed by atoms with van der Waals surface area (Å²) in [6, 6.07) is 7.89. The third-order valence-corrected chi connectivity index (χ3v) is 4.39. The molecule has 0 heterocycles. The molecule has 1 aromatic rings. The van der Waals surface area contributed by atoms with Gasteiger partial charge < -0.3 is 4.74 Å². The van der Waals surface area contributed by atoms with Crippen LogP contribution < -0.4 is 0 Å². The van der Waals surface area contributed by atoms with Crippen LogP contribution in [-0.4, -0.2) is 10.0 Å². The van der Waals surface area contributed by atoms with Crippen molar-refractivity contribution < 1.29 is 4.74 Å². The molecule has 1 fully saturated rings. The van der Waals surface area contributed by atoms with E-state index in [1.807, 2.05) is 18.2 Å². The van der Waals surface area contributed by atoms with E-state index >= 15 is 0 Å². The highest BCUT2D eigenvalue weighted by Crippen LogP contribution is 2.29. The molecule has 0 amide bonds. The lowest BCUT2D eigenvalue weighted by molar-refractivity contribution is 0.0514. The topological polar surface area (TPSA) is 9.23 Å². The van der Waals surface area contributed by atoms with E-state index < -0.39 is 0 Å². The van der Waals surface area contributed by atoms with E-state index in [-0.39, 0.29) is 0 Å². The molecule has 1 aliphatic carbocycles. The first-order valence-corrected chi connectivity index (χ1v) is 6.88. The van der Waals surface area contributed by atoms with Crippen LogP contribution in [0.25, 0.3) is 0 Å². The molecular formula is C12H14ClIO. The largest absolute Gasteiger partial charge is 0.372 e. The third-order valence-electron chi connectivity index (χ3n) is 2.73. The second kappa shape index (κ2) is 5.51. The average Bonchev–Trinajstić information content (AvgIpc) is 2.61. The van der Waals surface area contributed by atoms with Crippen molar-refractivity contribution in [3.63, 3.8) is 0 Å². The summed E-state index contributed by atoms with van der Waals surface area (Å²) < 4.78 is 6.57. The van der Waals surface area contributed by atoms with E-state index in [2.05, 4.69) is 28.7 Å². The van der Waals surface area contributed by atoms with Crippen molar-refractivity contribution in [1.82, 2.24) is 0 Å². The predicted octanol–water partition coefficient (Wildman–Crippen LogP) is 4.21. The molecule has 0 saturated heterocycles. The van der Waals surface area contributed by atoms with Crippen molar-refractivity contribution in [2.75, 3.05) is 0 Å². The van der Waals surface area contributed by atoms with Gasteiger partial charge in [0.1, 0.15) is 0 Å². The van der Waals surface area contributed by atoms with Crippen LogP contribution in [0.4, 0.5) is 0 Å². The molecule has 1 saturated carbocycles. The molecule has 2 unspecified atom stereocenters. The second-order valence-electron chi connectivity index (χ2n) is 3.93. The summed E-state index contributed by atoms with van der Waals surface area (Å²) in [7, 11) is 0. The van der Waals surface area contributed by atoms with Crippen molar-refractivity contribution in [3.8, 4) is 0 Å². The second-order valence-corrected chi connectivity index (χ2v) is 5.96. The van der Waals surface area contributed by atoms with Gasteiger partial charge in [-0.25, -0.2) is 0 Å². The van der Waals surface area contributed by atoms with Gasteiger partial charge >= 0.3 is 0 Å². The highest BCUT2D eigenvalue weighted by molar-refractivity contribution is 14.1. The van der Waals surface area contributed by atoms with Crippen LogP contribution in [0.15, 0.2) is 24.3 Å². The minimum atomic E-state index is 0.435. The Morgan fingerprint density at radius 1 is 1.40 bits per heavy atom. The summed E-state index contributed by atoms with van der Waals surface area (Å²) in [6.45, 7) is 0.685. The molecule has 82 valence electrons. The third kappa shape index (κ3) is 3.33. The molecule has 1 nitrogen and oxygen atoms in total. The summed E-state index contributed by atoms with van der Waals surface area (Å²) in [4.78, 5) is 0. The van der Waals surface area contributed by atoms with Gasteiger partial charge in [0.2, 0.25) is 0 Å². The quantitative estimate of drug-likeness (QED) is 0.593. The maximum atomic E-state index is 5.91. The number of alkyl halides is 1. The maximum Gasteiger partial charge on any atom is 0.0721 e. The first-order chi connectivity index (χ1) is 7.25. The van der Waals surface area contributed by atoms with Gasteiger partial charge in [-0.3, -0.25) is 0 Å². The van der Waals surface area contributed by atoms with Crippen LogP contribution in [0.5, 0.6) is 0 Å². The summed E-state index contributed by atoms with van der Waals surface area (Å²) in [5.74, 6) is 0. The van der Waals surface area contributed by atoms with Crippen LogP contribution in [0, 0.1) is 0 Å². The highest BCUT2D eigenvalue weighted by atomic mass is 127. The van der Waals surface area contributed by atoms with E-state index in [1.54, 1.807) is 0 Å². The SMILES string of the molecule is Clc1cccc(COC2CCCC2I)c1. The first-order valence-electron chi connectivity index (χ1n) is 5.26. The Morgan fingerprint density at radius 3 is 2.93 bits per heavy atom. The Hall–Kier alpha value is 0.200. The fourth-order valence-corrected chi connectivity index (χ4v) is 3.12. The highest BCUT2D eigenvalue weighted by Gasteiger charge is 2.25. The lowest BCUT2D eigenvalue weighted by Gasteiger charge is -2.15. The predicted molar refractivity (Wildman–Crippen MR) is 71.7 cm³/mol. The molecule has 2 atom stereocenters. The van der Waals surface area contributed by atoms with Gasteiger partial charge in [0.05, 0.1) is 12.7 Å². The van der Waals surface area contributed by atoms with Crippen LogP contribution in [-0.2, 0) is 11.3 Å². The number of hydrogen-bond acceptors (Lipinski definition) is 1. The lowest BCUT2D eigenvalue weighted by Crippen LogP contribution is -2.17. The Labute approximate surface area is 109 Å². The number of benzene rings is 1. The van der Waals surface area contributed by atoms with Gasteiger partial charge in [-0.2, -0.15) is 0 Å². The Kier molecular flexibility index (Phi) is 4.29. The zero-order valence-electron chi connectivity index (χ0n) is 8.46. The zero-order valence-corrected chi connectivity index (χ0v) is 11.4. The fraction of sp³-hybridized carbons (Fsp3) is 0.500. The minimum Gasteiger partial charge on any atom is -0.372 e. The van der Waals surface area contributed by atoms with E-state index in [0.717, 1.165) is 10.6 Å². The monoisotopic (exact) mass is 336 g/mol. The normalized spacial score (nSPS) is 25.7. The summed E-state index contributed by atoms with van der Waals surface area (Å²) in [5, 5.41) is 0.786. The molecule has 2 rings (SSSR count). The van der Waals surface area contributed by atoms with Crippen molar-refractivity contribution in [2.24, 2.45) is 0 Å². The van der Waals surface area contributed by atoms with Crippen molar-refractivity contribution in [1.29, 1.82) is 0 Å². The number of rotatable bonds is 3. The van der Waals surface area contributed by atoms with Crippen molar-refractivity contribution >= 4 is 34.2 Å². The zero-order chi connectivity index (χ0) is 10.7. The van der Waals surface area contributed by atoms with Crippen LogP contribution in [0.1, 0.15) is 24.8 Å². The molecular weight excluding hydrogens is 322 g/mol. The maximum absolute atomic E-state index is 5.91. The standard InChI is InChI=1S/C12H14ClIO/c13-10-4-1-3-9(7-10)8-15-12-6-2-5-11(12)14/h1,3-4,7,11-12H,2,5-6,8H2. The molecule has 0 aromatic heterocycles. The molecule has 0 radical (unpaired) electrons. The van der Waals surface area contributed by atoms with Gasteiger partial charge in [-0.15, -0.1) is 0 Å². The lowest BCUT2D eigenvalue weighted by atomic mass is 10.2. The molecule has 1 aromatic carbocycles. The van der Waals surface area contributed by atoms with Crippen LogP contribution >= 0.6 is 34.2 Å². The Morgan fingerprint density at radius 2 is 2.27 bits per heavy atom. The summed E-state index contributed by atoms with van der Waals surface area (Å²) >= 11 is 8.40. The number of halogens is 2. The number of hydrogen-bond donors (Lipinski definition) is 0. The fourth-order valence-electron chi connectivity index (χ4n) is 1.90. The van der Waals surface area contributed by atoms with E-state index in [9.17, 15) is 0 Å². The minimum absolute atomic E-state index is 0.435. The molecule has 0 N–H and O–H groups in total.